The number of rotatable bonds is 3. The first-order valence-electron chi connectivity index (χ1n) is 7.26. The zero-order valence-corrected chi connectivity index (χ0v) is 11.9. The zero-order valence-electron chi connectivity index (χ0n) is 11.9. The molecule has 2 aromatic rings. The Bertz CT molecular complexity index is 599. The second kappa shape index (κ2) is 5.77. The Hall–Kier alpha value is -1.65. The molecule has 0 saturated carbocycles. The van der Waals surface area contributed by atoms with Gasteiger partial charge in [0.1, 0.15) is 5.82 Å². The molecule has 1 aromatic heterocycles. The fraction of sp³-hybridized carbons (Fsp3) is 0.438. The van der Waals surface area contributed by atoms with Gasteiger partial charge in [0, 0.05) is 18.5 Å². The SMILES string of the molecule is CCC1COCCN1c1cc(CN)c2ccccc2n1. The average molecular weight is 271 g/mol. The number of fused-ring (bicyclic) bond motifs is 1. The summed E-state index contributed by atoms with van der Waals surface area (Å²) < 4.78 is 5.57. The molecular formula is C16H21N3O. The van der Waals surface area contributed by atoms with Gasteiger partial charge >= 0.3 is 0 Å². The van der Waals surface area contributed by atoms with E-state index in [0.717, 1.165) is 48.5 Å². The molecule has 0 bridgehead atoms. The molecule has 1 fully saturated rings. The molecule has 2 N–H and O–H groups in total. The fourth-order valence-electron chi connectivity index (χ4n) is 2.84. The summed E-state index contributed by atoms with van der Waals surface area (Å²) in [7, 11) is 0. The summed E-state index contributed by atoms with van der Waals surface area (Å²) in [5.74, 6) is 1.03. The molecule has 1 unspecified atom stereocenters. The van der Waals surface area contributed by atoms with Crippen LogP contribution in [0.5, 0.6) is 0 Å². The van der Waals surface area contributed by atoms with Gasteiger partial charge in [0.15, 0.2) is 0 Å². The van der Waals surface area contributed by atoms with Crippen molar-refractivity contribution in [1.82, 2.24) is 4.98 Å². The van der Waals surface area contributed by atoms with Gasteiger partial charge in [0.25, 0.3) is 0 Å². The second-order valence-corrected chi connectivity index (χ2v) is 5.19. The van der Waals surface area contributed by atoms with Crippen LogP contribution in [0.2, 0.25) is 0 Å². The van der Waals surface area contributed by atoms with E-state index >= 15 is 0 Å². The molecule has 1 saturated heterocycles. The number of aromatic nitrogens is 1. The Morgan fingerprint density at radius 3 is 3.05 bits per heavy atom. The quantitative estimate of drug-likeness (QED) is 0.930. The minimum absolute atomic E-state index is 0.406. The Kier molecular flexibility index (Phi) is 3.85. The maximum absolute atomic E-state index is 5.91. The highest BCUT2D eigenvalue weighted by atomic mass is 16.5. The number of benzene rings is 1. The largest absolute Gasteiger partial charge is 0.377 e. The van der Waals surface area contributed by atoms with Gasteiger partial charge in [-0.2, -0.15) is 0 Å². The van der Waals surface area contributed by atoms with Crippen LogP contribution in [0.4, 0.5) is 5.82 Å². The number of pyridine rings is 1. The van der Waals surface area contributed by atoms with E-state index in [1.54, 1.807) is 0 Å². The average Bonchev–Trinajstić information content (AvgIpc) is 2.53. The molecule has 0 radical (unpaired) electrons. The lowest BCUT2D eigenvalue weighted by Crippen LogP contribution is -2.45. The van der Waals surface area contributed by atoms with Crippen LogP contribution in [0.3, 0.4) is 0 Å². The highest BCUT2D eigenvalue weighted by molar-refractivity contribution is 5.84. The number of hydrogen-bond donors (Lipinski definition) is 1. The van der Waals surface area contributed by atoms with E-state index in [-0.39, 0.29) is 0 Å². The number of hydrogen-bond acceptors (Lipinski definition) is 4. The minimum atomic E-state index is 0.406. The van der Waals surface area contributed by atoms with Crippen molar-refractivity contribution >= 4 is 16.7 Å². The van der Waals surface area contributed by atoms with Crippen molar-refractivity contribution in [2.24, 2.45) is 5.73 Å². The van der Waals surface area contributed by atoms with Gasteiger partial charge in [0.2, 0.25) is 0 Å². The summed E-state index contributed by atoms with van der Waals surface area (Å²) in [6, 6.07) is 10.7. The Morgan fingerprint density at radius 1 is 1.40 bits per heavy atom. The van der Waals surface area contributed by atoms with E-state index in [4.69, 9.17) is 15.5 Å². The maximum Gasteiger partial charge on any atom is 0.129 e. The van der Waals surface area contributed by atoms with Crippen molar-refractivity contribution < 1.29 is 4.74 Å². The van der Waals surface area contributed by atoms with E-state index in [1.807, 2.05) is 12.1 Å². The van der Waals surface area contributed by atoms with Crippen LogP contribution in [-0.4, -0.2) is 30.8 Å². The van der Waals surface area contributed by atoms with Crippen molar-refractivity contribution in [3.63, 3.8) is 0 Å². The van der Waals surface area contributed by atoms with Gasteiger partial charge in [-0.15, -0.1) is 0 Å². The summed E-state index contributed by atoms with van der Waals surface area (Å²) in [4.78, 5) is 7.18. The smallest absolute Gasteiger partial charge is 0.129 e. The molecule has 0 aliphatic carbocycles. The number of morpholine rings is 1. The normalized spacial score (nSPS) is 19.5. The van der Waals surface area contributed by atoms with Gasteiger partial charge in [0.05, 0.1) is 24.8 Å². The van der Waals surface area contributed by atoms with E-state index in [2.05, 4.69) is 30.0 Å². The van der Waals surface area contributed by atoms with E-state index in [1.165, 1.54) is 0 Å². The molecule has 1 atom stereocenters. The van der Waals surface area contributed by atoms with Crippen LogP contribution in [0.15, 0.2) is 30.3 Å². The summed E-state index contributed by atoms with van der Waals surface area (Å²) in [6.07, 6.45) is 1.06. The third kappa shape index (κ3) is 2.37. The minimum Gasteiger partial charge on any atom is -0.377 e. The maximum atomic E-state index is 5.91. The molecule has 0 spiro atoms. The van der Waals surface area contributed by atoms with Crippen molar-refractivity contribution in [3.8, 4) is 0 Å². The Balaban J connectivity index is 2.06. The van der Waals surface area contributed by atoms with Crippen molar-refractivity contribution in [2.75, 3.05) is 24.7 Å². The third-order valence-electron chi connectivity index (χ3n) is 4.00. The number of ether oxygens (including phenoxy) is 1. The van der Waals surface area contributed by atoms with E-state index in [9.17, 15) is 0 Å². The van der Waals surface area contributed by atoms with Crippen LogP contribution in [0, 0.1) is 0 Å². The lowest BCUT2D eigenvalue weighted by molar-refractivity contribution is 0.0926. The zero-order chi connectivity index (χ0) is 13.9. The van der Waals surface area contributed by atoms with Crippen LogP contribution in [-0.2, 0) is 11.3 Å². The van der Waals surface area contributed by atoms with Crippen LogP contribution in [0.25, 0.3) is 10.9 Å². The molecule has 20 heavy (non-hydrogen) atoms. The molecule has 106 valence electrons. The van der Waals surface area contributed by atoms with Gasteiger partial charge in [-0.1, -0.05) is 25.1 Å². The van der Waals surface area contributed by atoms with Crippen molar-refractivity contribution in [1.29, 1.82) is 0 Å². The molecule has 1 aliphatic rings. The first kappa shape index (κ1) is 13.3. The first-order chi connectivity index (χ1) is 9.83. The molecule has 4 heteroatoms. The molecular weight excluding hydrogens is 250 g/mol. The number of nitrogens with two attached hydrogens (primary N) is 1. The van der Waals surface area contributed by atoms with Crippen LogP contribution in [0.1, 0.15) is 18.9 Å². The van der Waals surface area contributed by atoms with Crippen LogP contribution >= 0.6 is 0 Å². The molecule has 1 aromatic carbocycles. The van der Waals surface area contributed by atoms with Gasteiger partial charge in [-0.25, -0.2) is 4.98 Å². The second-order valence-electron chi connectivity index (χ2n) is 5.19. The van der Waals surface area contributed by atoms with Gasteiger partial charge < -0.3 is 15.4 Å². The summed E-state index contributed by atoms with van der Waals surface area (Å²) >= 11 is 0. The number of nitrogens with zero attached hydrogens (tertiary/aromatic N) is 2. The summed E-state index contributed by atoms with van der Waals surface area (Å²) in [5, 5.41) is 1.15. The van der Waals surface area contributed by atoms with Crippen molar-refractivity contribution in [2.45, 2.75) is 25.9 Å². The first-order valence-corrected chi connectivity index (χ1v) is 7.26. The van der Waals surface area contributed by atoms with Gasteiger partial charge in [-0.05, 0) is 24.1 Å². The molecule has 1 aliphatic heterocycles. The number of anilines is 1. The Labute approximate surface area is 119 Å². The summed E-state index contributed by atoms with van der Waals surface area (Å²) in [6.45, 7) is 5.17. The lowest BCUT2D eigenvalue weighted by atomic mass is 10.1. The third-order valence-corrected chi connectivity index (χ3v) is 4.00. The highest BCUT2D eigenvalue weighted by Crippen LogP contribution is 2.25. The van der Waals surface area contributed by atoms with Crippen molar-refractivity contribution in [3.05, 3.63) is 35.9 Å². The molecule has 4 nitrogen and oxygen atoms in total. The van der Waals surface area contributed by atoms with E-state index < -0.39 is 0 Å². The molecule has 2 heterocycles. The van der Waals surface area contributed by atoms with Crippen LogP contribution < -0.4 is 10.6 Å². The molecule has 3 rings (SSSR count). The number of para-hydroxylation sites is 1. The van der Waals surface area contributed by atoms with Gasteiger partial charge in [-0.3, -0.25) is 0 Å². The summed E-state index contributed by atoms with van der Waals surface area (Å²) in [5.41, 5.74) is 8.09. The highest BCUT2D eigenvalue weighted by Gasteiger charge is 2.23. The predicted molar refractivity (Wildman–Crippen MR) is 81.9 cm³/mol. The lowest BCUT2D eigenvalue weighted by Gasteiger charge is -2.36. The molecule has 0 amide bonds. The standard InChI is InChI=1S/C16H21N3O/c1-2-13-11-20-8-7-19(13)16-9-12(10-17)14-5-3-4-6-15(14)18-16/h3-6,9,13H,2,7-8,10-11,17H2,1H3. The predicted octanol–water partition coefficient (Wildman–Crippen LogP) is 2.31. The topological polar surface area (TPSA) is 51.4 Å². The monoisotopic (exact) mass is 271 g/mol. The Morgan fingerprint density at radius 2 is 2.25 bits per heavy atom. The fourth-order valence-corrected chi connectivity index (χ4v) is 2.84. The van der Waals surface area contributed by atoms with E-state index in [0.29, 0.717) is 12.6 Å².